The van der Waals surface area contributed by atoms with Crippen molar-refractivity contribution >= 4 is 26.7 Å². The molecule has 21 heavy (non-hydrogen) atoms. The molecular formula is C16H11BrFNO2. The molecule has 0 radical (unpaired) electrons. The van der Waals surface area contributed by atoms with Gasteiger partial charge in [-0.2, -0.15) is 0 Å². The number of nitrogens with zero attached hydrogens (tertiary/aromatic N) is 1. The Labute approximate surface area is 129 Å². The summed E-state index contributed by atoms with van der Waals surface area (Å²) in [6, 6.07) is 12.1. The lowest BCUT2D eigenvalue weighted by molar-refractivity contribution is 0.415. The lowest BCUT2D eigenvalue weighted by Gasteiger charge is -2.09. The first-order valence-electron chi connectivity index (χ1n) is 6.23. The average Bonchev–Trinajstić information content (AvgIpc) is 2.51. The molecule has 0 aliphatic rings. The van der Waals surface area contributed by atoms with E-state index >= 15 is 0 Å². The summed E-state index contributed by atoms with van der Waals surface area (Å²) in [6.45, 7) is 0. The Morgan fingerprint density at radius 2 is 1.86 bits per heavy atom. The Hall–Kier alpha value is -2.14. The number of hydrogen-bond donors (Lipinski definition) is 0. The van der Waals surface area contributed by atoms with E-state index < -0.39 is 0 Å². The van der Waals surface area contributed by atoms with Crippen LogP contribution in [0.1, 0.15) is 0 Å². The van der Waals surface area contributed by atoms with Crippen LogP contribution in [0.5, 0.6) is 17.4 Å². The molecule has 0 bridgehead atoms. The largest absolute Gasteiger partial charge is 0.497 e. The minimum Gasteiger partial charge on any atom is -0.497 e. The van der Waals surface area contributed by atoms with Crippen LogP contribution in [0.25, 0.3) is 10.8 Å². The average molecular weight is 348 g/mol. The first-order chi connectivity index (χ1) is 10.2. The third-order valence-electron chi connectivity index (χ3n) is 3.04. The number of aromatic nitrogens is 1. The van der Waals surface area contributed by atoms with Crippen LogP contribution in [0.15, 0.2) is 53.1 Å². The Morgan fingerprint density at radius 3 is 2.62 bits per heavy atom. The van der Waals surface area contributed by atoms with Gasteiger partial charge >= 0.3 is 0 Å². The normalized spacial score (nSPS) is 10.6. The van der Waals surface area contributed by atoms with Crippen LogP contribution >= 0.6 is 15.9 Å². The number of rotatable bonds is 3. The second kappa shape index (κ2) is 5.69. The van der Waals surface area contributed by atoms with Crippen LogP contribution < -0.4 is 9.47 Å². The maximum Gasteiger partial charge on any atom is 0.227 e. The lowest BCUT2D eigenvalue weighted by atomic mass is 10.1. The summed E-state index contributed by atoms with van der Waals surface area (Å²) in [5.74, 6) is 1.12. The Kier molecular flexibility index (Phi) is 3.75. The van der Waals surface area contributed by atoms with Crippen molar-refractivity contribution in [3.8, 4) is 17.4 Å². The molecule has 0 saturated carbocycles. The van der Waals surface area contributed by atoms with Crippen LogP contribution in [0.4, 0.5) is 4.39 Å². The predicted octanol–water partition coefficient (Wildman–Crippen LogP) is 4.94. The highest BCUT2D eigenvalue weighted by Crippen LogP contribution is 2.31. The van der Waals surface area contributed by atoms with E-state index in [4.69, 9.17) is 9.47 Å². The fourth-order valence-electron chi connectivity index (χ4n) is 1.98. The first-order valence-corrected chi connectivity index (χ1v) is 7.02. The molecule has 0 unspecified atom stereocenters. The van der Waals surface area contributed by atoms with E-state index in [2.05, 4.69) is 20.9 Å². The molecule has 1 aromatic heterocycles. The van der Waals surface area contributed by atoms with Gasteiger partial charge in [0.1, 0.15) is 17.3 Å². The SMILES string of the molecule is COc1ccc2ccnc(Oc3ccc(Br)c(F)c3)c2c1. The van der Waals surface area contributed by atoms with Gasteiger partial charge < -0.3 is 9.47 Å². The van der Waals surface area contributed by atoms with E-state index in [-0.39, 0.29) is 5.82 Å². The summed E-state index contributed by atoms with van der Waals surface area (Å²) >= 11 is 3.11. The van der Waals surface area contributed by atoms with Crippen LogP contribution in [0.2, 0.25) is 0 Å². The monoisotopic (exact) mass is 347 g/mol. The smallest absolute Gasteiger partial charge is 0.227 e. The van der Waals surface area contributed by atoms with E-state index in [1.165, 1.54) is 6.07 Å². The first kappa shape index (κ1) is 13.8. The van der Waals surface area contributed by atoms with Crippen LogP contribution in [-0.4, -0.2) is 12.1 Å². The minimum atomic E-state index is -0.384. The molecule has 0 aliphatic heterocycles. The van der Waals surface area contributed by atoms with Crippen LogP contribution in [0.3, 0.4) is 0 Å². The van der Waals surface area contributed by atoms with Gasteiger partial charge in [0.2, 0.25) is 5.88 Å². The summed E-state index contributed by atoms with van der Waals surface area (Å²) in [7, 11) is 1.60. The molecule has 0 atom stereocenters. The molecule has 0 N–H and O–H groups in total. The summed E-state index contributed by atoms with van der Waals surface area (Å²) < 4.78 is 24.9. The van der Waals surface area contributed by atoms with Gasteiger partial charge in [-0.1, -0.05) is 6.07 Å². The van der Waals surface area contributed by atoms with Crippen molar-refractivity contribution < 1.29 is 13.9 Å². The molecule has 0 amide bonds. The third kappa shape index (κ3) is 2.83. The van der Waals surface area contributed by atoms with Crippen molar-refractivity contribution in [2.24, 2.45) is 0 Å². The summed E-state index contributed by atoms with van der Waals surface area (Å²) in [5, 5.41) is 1.78. The zero-order valence-corrected chi connectivity index (χ0v) is 12.7. The quantitative estimate of drug-likeness (QED) is 0.672. The van der Waals surface area contributed by atoms with Gasteiger partial charge in [0.15, 0.2) is 0 Å². The standard InChI is InChI=1S/C16H11BrFNO2/c1-20-11-3-2-10-6-7-19-16(13(10)8-11)21-12-4-5-14(17)15(18)9-12/h2-9H,1H3. The van der Waals surface area contributed by atoms with E-state index in [0.717, 1.165) is 10.8 Å². The second-order valence-corrected chi connectivity index (χ2v) is 5.24. The molecule has 3 nitrogen and oxygen atoms in total. The molecule has 106 valence electrons. The summed E-state index contributed by atoms with van der Waals surface area (Å²) in [5.41, 5.74) is 0. The van der Waals surface area contributed by atoms with Gasteiger partial charge in [-0.3, -0.25) is 0 Å². The highest BCUT2D eigenvalue weighted by atomic mass is 79.9. The Morgan fingerprint density at radius 1 is 1.05 bits per heavy atom. The van der Waals surface area contributed by atoms with Crippen molar-refractivity contribution in [3.63, 3.8) is 0 Å². The topological polar surface area (TPSA) is 31.4 Å². The number of fused-ring (bicyclic) bond motifs is 1. The number of pyridine rings is 1. The van der Waals surface area contributed by atoms with Crippen molar-refractivity contribution in [2.45, 2.75) is 0 Å². The Bertz CT molecular complexity index is 807. The number of hydrogen-bond acceptors (Lipinski definition) is 3. The highest BCUT2D eigenvalue weighted by molar-refractivity contribution is 9.10. The molecule has 1 heterocycles. The van der Waals surface area contributed by atoms with Crippen molar-refractivity contribution in [1.29, 1.82) is 0 Å². The van der Waals surface area contributed by atoms with Gasteiger partial charge in [0, 0.05) is 17.6 Å². The number of halogens is 2. The Balaban J connectivity index is 2.05. The maximum absolute atomic E-state index is 13.5. The van der Waals surface area contributed by atoms with E-state index in [9.17, 15) is 4.39 Å². The minimum absolute atomic E-state index is 0.384. The number of ether oxygens (including phenoxy) is 2. The molecule has 0 saturated heterocycles. The second-order valence-electron chi connectivity index (χ2n) is 4.38. The van der Waals surface area contributed by atoms with Crippen LogP contribution in [-0.2, 0) is 0 Å². The fraction of sp³-hybridized carbons (Fsp3) is 0.0625. The van der Waals surface area contributed by atoms with Crippen LogP contribution in [0, 0.1) is 5.82 Å². The van der Waals surface area contributed by atoms with Gasteiger partial charge in [0.25, 0.3) is 0 Å². The number of methoxy groups -OCH3 is 1. The fourth-order valence-corrected chi connectivity index (χ4v) is 2.23. The maximum atomic E-state index is 13.5. The van der Waals surface area contributed by atoms with Crippen molar-refractivity contribution in [2.75, 3.05) is 7.11 Å². The molecule has 3 aromatic rings. The van der Waals surface area contributed by atoms with Crippen molar-refractivity contribution in [3.05, 3.63) is 59.0 Å². The predicted molar refractivity (Wildman–Crippen MR) is 82.5 cm³/mol. The van der Waals surface area contributed by atoms with E-state index in [1.54, 1.807) is 25.4 Å². The molecule has 0 aliphatic carbocycles. The lowest BCUT2D eigenvalue weighted by Crippen LogP contribution is -1.91. The molecule has 2 aromatic carbocycles. The van der Waals surface area contributed by atoms with Crippen molar-refractivity contribution in [1.82, 2.24) is 4.98 Å². The summed E-state index contributed by atoms with van der Waals surface area (Å²) in [6.07, 6.45) is 1.65. The van der Waals surface area contributed by atoms with E-state index in [1.807, 2.05) is 24.3 Å². The zero-order valence-electron chi connectivity index (χ0n) is 11.1. The van der Waals surface area contributed by atoms with Gasteiger partial charge in [-0.25, -0.2) is 9.37 Å². The zero-order chi connectivity index (χ0) is 14.8. The highest BCUT2D eigenvalue weighted by Gasteiger charge is 2.08. The van der Waals surface area contributed by atoms with Gasteiger partial charge in [-0.05, 0) is 51.6 Å². The molecular weight excluding hydrogens is 337 g/mol. The molecule has 0 fully saturated rings. The summed E-state index contributed by atoms with van der Waals surface area (Å²) in [4.78, 5) is 4.22. The van der Waals surface area contributed by atoms with Gasteiger partial charge in [-0.15, -0.1) is 0 Å². The van der Waals surface area contributed by atoms with Gasteiger partial charge in [0.05, 0.1) is 11.6 Å². The third-order valence-corrected chi connectivity index (χ3v) is 3.69. The molecule has 3 rings (SSSR count). The number of benzene rings is 2. The van der Waals surface area contributed by atoms with E-state index in [0.29, 0.717) is 21.9 Å². The molecule has 5 heteroatoms. The molecule has 0 spiro atoms.